The second-order valence-corrected chi connectivity index (χ2v) is 8.84. The molecule has 0 atom stereocenters. The fourth-order valence-corrected chi connectivity index (χ4v) is 3.98. The van der Waals surface area contributed by atoms with Gasteiger partial charge in [0.25, 0.3) is 0 Å². The second-order valence-electron chi connectivity index (χ2n) is 8.84. The van der Waals surface area contributed by atoms with Gasteiger partial charge < -0.3 is 9.84 Å². The number of rotatable bonds is 17. The Balaban J connectivity index is 1.56. The van der Waals surface area contributed by atoms with Crippen LogP contribution in [0.2, 0.25) is 0 Å². The van der Waals surface area contributed by atoms with Crippen LogP contribution in [0, 0.1) is 0 Å². The maximum atomic E-state index is 12.5. The summed E-state index contributed by atoms with van der Waals surface area (Å²) in [4.78, 5) is 24.6. The van der Waals surface area contributed by atoms with E-state index in [-0.39, 0.29) is 28.8 Å². The molecule has 0 aliphatic rings. The molecule has 0 bridgehead atoms. The van der Waals surface area contributed by atoms with Gasteiger partial charge in [0.2, 0.25) is 0 Å². The molecular formula is C29H40O4. The predicted molar refractivity (Wildman–Crippen MR) is 134 cm³/mol. The van der Waals surface area contributed by atoms with E-state index in [0.717, 1.165) is 19.3 Å². The molecule has 0 aliphatic heterocycles. The van der Waals surface area contributed by atoms with Crippen molar-refractivity contribution in [1.29, 1.82) is 0 Å². The van der Waals surface area contributed by atoms with Gasteiger partial charge in [0.05, 0.1) is 5.56 Å². The van der Waals surface area contributed by atoms with E-state index in [9.17, 15) is 14.7 Å². The lowest BCUT2D eigenvalue weighted by Gasteiger charge is -2.08. The fraction of sp³-hybridized carbons (Fsp3) is 0.517. The molecule has 4 heteroatoms. The molecule has 0 amide bonds. The number of ketones is 1. The Hall–Kier alpha value is -2.62. The number of phenols is 1. The fourth-order valence-electron chi connectivity index (χ4n) is 3.98. The van der Waals surface area contributed by atoms with E-state index in [1.165, 1.54) is 76.3 Å². The molecule has 1 N–H and O–H groups in total. The van der Waals surface area contributed by atoms with Gasteiger partial charge in [0.1, 0.15) is 11.5 Å². The van der Waals surface area contributed by atoms with Crippen LogP contribution in [0.5, 0.6) is 11.5 Å². The van der Waals surface area contributed by atoms with Crippen LogP contribution in [0.15, 0.2) is 48.5 Å². The number of carbonyl (C=O) groups excluding carboxylic acids is 2. The highest BCUT2D eigenvalue weighted by Crippen LogP contribution is 2.26. The van der Waals surface area contributed by atoms with Gasteiger partial charge in [-0.15, -0.1) is 0 Å². The standard InChI is InChI=1S/C29H40O4/c1-2-3-4-5-6-7-8-9-10-11-12-13-17-20-28(31)33-25-21-22-26(27(30)23-25)29(32)24-18-15-14-16-19-24/h14-16,18-19,21-23,30H,2-13,17,20H2,1H3. The highest BCUT2D eigenvalue weighted by atomic mass is 16.5. The summed E-state index contributed by atoms with van der Waals surface area (Å²) in [5, 5.41) is 10.2. The van der Waals surface area contributed by atoms with Crippen molar-refractivity contribution in [1.82, 2.24) is 0 Å². The third kappa shape index (κ3) is 10.7. The highest BCUT2D eigenvalue weighted by molar-refractivity contribution is 6.10. The van der Waals surface area contributed by atoms with E-state index >= 15 is 0 Å². The zero-order valence-electron chi connectivity index (χ0n) is 20.2. The zero-order valence-corrected chi connectivity index (χ0v) is 20.2. The normalized spacial score (nSPS) is 10.8. The van der Waals surface area contributed by atoms with Crippen LogP contribution in [-0.4, -0.2) is 16.9 Å². The second kappa shape index (κ2) is 16.1. The van der Waals surface area contributed by atoms with Crippen molar-refractivity contribution >= 4 is 11.8 Å². The molecule has 2 aromatic carbocycles. The lowest BCUT2D eigenvalue weighted by atomic mass is 10.0. The van der Waals surface area contributed by atoms with Crippen LogP contribution in [0.1, 0.15) is 113 Å². The van der Waals surface area contributed by atoms with Crippen LogP contribution in [0.4, 0.5) is 0 Å². The van der Waals surface area contributed by atoms with Gasteiger partial charge in [-0.1, -0.05) is 114 Å². The number of unbranched alkanes of at least 4 members (excludes halogenated alkanes) is 12. The minimum absolute atomic E-state index is 0.185. The van der Waals surface area contributed by atoms with Gasteiger partial charge in [-0.25, -0.2) is 0 Å². The monoisotopic (exact) mass is 452 g/mol. The van der Waals surface area contributed by atoms with E-state index in [4.69, 9.17) is 4.74 Å². The summed E-state index contributed by atoms with van der Waals surface area (Å²) in [5.41, 5.74) is 0.692. The molecule has 2 rings (SSSR count). The Kier molecular flexibility index (Phi) is 13.0. The summed E-state index contributed by atoms with van der Waals surface area (Å²) < 4.78 is 5.33. The zero-order chi connectivity index (χ0) is 23.7. The minimum Gasteiger partial charge on any atom is -0.507 e. The van der Waals surface area contributed by atoms with Crippen molar-refractivity contribution in [3.8, 4) is 11.5 Å². The third-order valence-corrected chi connectivity index (χ3v) is 5.97. The Morgan fingerprint density at radius 1 is 0.727 bits per heavy atom. The van der Waals surface area contributed by atoms with Crippen LogP contribution < -0.4 is 4.74 Å². The van der Waals surface area contributed by atoms with Gasteiger partial charge in [-0.2, -0.15) is 0 Å². The number of ether oxygens (including phenoxy) is 1. The molecule has 2 aromatic rings. The molecule has 0 radical (unpaired) electrons. The van der Waals surface area contributed by atoms with Crippen molar-refractivity contribution in [3.05, 3.63) is 59.7 Å². The summed E-state index contributed by atoms with van der Waals surface area (Å²) in [7, 11) is 0. The van der Waals surface area contributed by atoms with Gasteiger partial charge >= 0.3 is 5.97 Å². The quantitative estimate of drug-likeness (QED) is 0.114. The number of carbonyl (C=O) groups is 2. The van der Waals surface area contributed by atoms with Crippen molar-refractivity contribution in [3.63, 3.8) is 0 Å². The number of benzene rings is 2. The molecule has 0 heterocycles. The van der Waals surface area contributed by atoms with E-state index in [1.807, 2.05) is 6.07 Å². The molecule has 0 unspecified atom stereocenters. The first-order valence-corrected chi connectivity index (χ1v) is 12.7. The maximum Gasteiger partial charge on any atom is 0.311 e. The van der Waals surface area contributed by atoms with Crippen molar-refractivity contribution in [2.45, 2.75) is 96.8 Å². The van der Waals surface area contributed by atoms with Crippen molar-refractivity contribution in [2.75, 3.05) is 0 Å². The lowest BCUT2D eigenvalue weighted by molar-refractivity contribution is -0.134. The van der Waals surface area contributed by atoms with Crippen molar-refractivity contribution in [2.24, 2.45) is 0 Å². The van der Waals surface area contributed by atoms with Gasteiger partial charge in [-0.3, -0.25) is 9.59 Å². The highest BCUT2D eigenvalue weighted by Gasteiger charge is 2.15. The Morgan fingerprint density at radius 3 is 1.82 bits per heavy atom. The third-order valence-electron chi connectivity index (χ3n) is 5.97. The SMILES string of the molecule is CCCCCCCCCCCCCCCC(=O)Oc1ccc(C(=O)c2ccccc2)c(O)c1. The first-order valence-electron chi connectivity index (χ1n) is 12.7. The van der Waals surface area contributed by atoms with E-state index in [2.05, 4.69) is 6.92 Å². The number of esters is 1. The average Bonchev–Trinajstić information content (AvgIpc) is 2.82. The van der Waals surface area contributed by atoms with Crippen molar-refractivity contribution < 1.29 is 19.4 Å². The predicted octanol–water partition coefficient (Wildman–Crippen LogP) is 8.01. The summed E-state index contributed by atoms with van der Waals surface area (Å²) in [6, 6.07) is 13.2. The molecule has 0 saturated carbocycles. The average molecular weight is 453 g/mol. The summed E-state index contributed by atoms with van der Waals surface area (Å²) in [6.07, 6.45) is 16.8. The molecule has 0 saturated heterocycles. The van der Waals surface area contributed by atoms with Crippen LogP contribution >= 0.6 is 0 Å². The minimum atomic E-state index is -0.306. The molecule has 0 aromatic heterocycles. The number of hydrogen-bond donors (Lipinski definition) is 1. The Labute approximate surface area is 199 Å². The Bertz CT molecular complexity index is 829. The maximum absolute atomic E-state index is 12.5. The molecule has 4 nitrogen and oxygen atoms in total. The molecule has 0 fully saturated rings. The molecular weight excluding hydrogens is 412 g/mol. The topological polar surface area (TPSA) is 63.6 Å². The number of phenolic OH excluding ortho intramolecular Hbond substituents is 1. The summed E-state index contributed by atoms with van der Waals surface area (Å²) >= 11 is 0. The van der Waals surface area contributed by atoms with Gasteiger partial charge in [-0.05, 0) is 18.6 Å². The Morgan fingerprint density at radius 2 is 1.27 bits per heavy atom. The first-order chi connectivity index (χ1) is 16.1. The van der Waals surface area contributed by atoms with Crippen LogP contribution in [0.25, 0.3) is 0 Å². The summed E-state index contributed by atoms with van der Waals surface area (Å²) in [6.45, 7) is 2.25. The van der Waals surface area contributed by atoms with E-state index in [1.54, 1.807) is 30.3 Å². The molecule has 0 spiro atoms. The number of hydrogen-bond acceptors (Lipinski definition) is 4. The molecule has 33 heavy (non-hydrogen) atoms. The first kappa shape index (κ1) is 26.6. The van der Waals surface area contributed by atoms with Crippen LogP contribution in [-0.2, 0) is 4.79 Å². The molecule has 0 aliphatic carbocycles. The van der Waals surface area contributed by atoms with Gasteiger partial charge in [0.15, 0.2) is 5.78 Å². The smallest absolute Gasteiger partial charge is 0.311 e. The van der Waals surface area contributed by atoms with E-state index < -0.39 is 0 Å². The summed E-state index contributed by atoms with van der Waals surface area (Å²) in [5.74, 6) is -0.496. The lowest BCUT2D eigenvalue weighted by Crippen LogP contribution is -2.08. The number of aromatic hydroxyl groups is 1. The molecule has 180 valence electrons. The van der Waals surface area contributed by atoms with Gasteiger partial charge in [0, 0.05) is 18.1 Å². The van der Waals surface area contributed by atoms with E-state index in [0.29, 0.717) is 12.0 Å². The van der Waals surface area contributed by atoms with Crippen LogP contribution in [0.3, 0.4) is 0 Å². The largest absolute Gasteiger partial charge is 0.507 e.